The summed E-state index contributed by atoms with van der Waals surface area (Å²) < 4.78 is 5.15. The summed E-state index contributed by atoms with van der Waals surface area (Å²) in [7, 11) is 0. The van der Waals surface area contributed by atoms with Crippen LogP contribution in [0.2, 0.25) is 0 Å². The number of carbonyl (C=O) groups is 1. The van der Waals surface area contributed by atoms with Crippen molar-refractivity contribution in [3.8, 4) is 0 Å². The maximum absolute atomic E-state index is 10.5. The van der Waals surface area contributed by atoms with Crippen molar-refractivity contribution < 1.29 is 9.53 Å². The second kappa shape index (κ2) is 10.1. The third-order valence-electron chi connectivity index (χ3n) is 5.39. The summed E-state index contributed by atoms with van der Waals surface area (Å²) in [6, 6.07) is 4.62. The summed E-state index contributed by atoms with van der Waals surface area (Å²) >= 11 is 0. The largest absolute Gasteiger partial charge is 0.462 e. The Morgan fingerprint density at radius 1 is 0.885 bits per heavy atom. The Bertz CT molecular complexity index is 564. The highest BCUT2D eigenvalue weighted by molar-refractivity contribution is 5.40. The first-order valence-corrected chi connectivity index (χ1v) is 10.3. The average molecular weight is 361 g/mol. The van der Waals surface area contributed by atoms with Gasteiger partial charge in [0.1, 0.15) is 5.60 Å². The van der Waals surface area contributed by atoms with Gasteiger partial charge >= 0.3 is 0 Å². The fourth-order valence-electron chi connectivity index (χ4n) is 3.61. The molecule has 0 saturated heterocycles. The minimum absolute atomic E-state index is 0.346. The summed E-state index contributed by atoms with van der Waals surface area (Å²) in [6.45, 7) is 16.0. The van der Waals surface area contributed by atoms with Gasteiger partial charge in [-0.1, -0.05) is 39.3 Å². The molecule has 0 radical (unpaired) electrons. The lowest BCUT2D eigenvalue weighted by Crippen LogP contribution is -2.23. The highest BCUT2D eigenvalue weighted by atomic mass is 16.5. The van der Waals surface area contributed by atoms with Gasteiger partial charge in [0.05, 0.1) is 0 Å². The van der Waals surface area contributed by atoms with Crippen LogP contribution >= 0.6 is 0 Å². The molecule has 0 amide bonds. The molecular weight excluding hydrogens is 320 g/mol. The average Bonchev–Trinajstić information content (AvgIpc) is 2.51. The zero-order valence-corrected chi connectivity index (χ0v) is 18.2. The Hall–Kier alpha value is -1.31. The Morgan fingerprint density at radius 2 is 1.50 bits per heavy atom. The molecule has 0 heterocycles. The predicted octanol–water partition coefficient (Wildman–Crippen LogP) is 6.73. The number of rotatable bonds is 11. The minimum atomic E-state index is -0.346. The van der Waals surface area contributed by atoms with Crippen LogP contribution in [-0.2, 0) is 22.4 Å². The van der Waals surface area contributed by atoms with E-state index in [0.29, 0.717) is 11.9 Å². The van der Waals surface area contributed by atoms with E-state index in [9.17, 15) is 4.79 Å². The molecule has 1 rings (SSSR count). The van der Waals surface area contributed by atoms with Crippen molar-refractivity contribution in [1.29, 1.82) is 0 Å². The van der Waals surface area contributed by atoms with Crippen LogP contribution < -0.4 is 0 Å². The number of aryl methyl sites for hydroxylation is 2. The maximum Gasteiger partial charge on any atom is 0.293 e. The Labute approximate surface area is 161 Å². The first-order valence-electron chi connectivity index (χ1n) is 10.3. The van der Waals surface area contributed by atoms with Crippen LogP contribution in [0.4, 0.5) is 0 Å². The van der Waals surface area contributed by atoms with Gasteiger partial charge in [-0.3, -0.25) is 4.79 Å². The monoisotopic (exact) mass is 360 g/mol. The van der Waals surface area contributed by atoms with Gasteiger partial charge in [0.25, 0.3) is 6.47 Å². The molecule has 0 fully saturated rings. The van der Waals surface area contributed by atoms with Gasteiger partial charge < -0.3 is 4.74 Å². The quantitative estimate of drug-likeness (QED) is 0.323. The minimum Gasteiger partial charge on any atom is -0.462 e. The first-order chi connectivity index (χ1) is 12.1. The van der Waals surface area contributed by atoms with Crippen molar-refractivity contribution in [1.82, 2.24) is 0 Å². The standard InChI is InChI=1S/C24H40O2/c1-19-14-15-21(12-8-10-16-23(3,4)5)20(2)22(19)13-9-11-17-24(6,7)26-18-25/h14-15,18H,8-13,16-17H2,1-7H3. The molecular formula is C24H40O2. The van der Waals surface area contributed by atoms with Gasteiger partial charge in [0.15, 0.2) is 0 Å². The summed E-state index contributed by atoms with van der Waals surface area (Å²) in [5.41, 5.74) is 6.03. The van der Waals surface area contributed by atoms with Crippen molar-refractivity contribution in [3.05, 3.63) is 34.4 Å². The van der Waals surface area contributed by atoms with Crippen LogP contribution in [0, 0.1) is 19.3 Å². The molecule has 0 aliphatic rings. The van der Waals surface area contributed by atoms with E-state index >= 15 is 0 Å². The molecule has 2 heteroatoms. The molecule has 2 nitrogen and oxygen atoms in total. The van der Waals surface area contributed by atoms with Crippen LogP contribution in [0.3, 0.4) is 0 Å². The summed E-state index contributed by atoms with van der Waals surface area (Å²) in [6.07, 6.45) is 9.31. The number of ether oxygens (including phenoxy) is 1. The lowest BCUT2D eigenvalue weighted by atomic mass is 9.87. The third kappa shape index (κ3) is 8.38. The number of hydrogen-bond acceptors (Lipinski definition) is 2. The first kappa shape index (κ1) is 22.7. The zero-order valence-electron chi connectivity index (χ0n) is 18.2. The van der Waals surface area contributed by atoms with Gasteiger partial charge in [0, 0.05) is 0 Å². The molecule has 0 unspecified atom stereocenters. The molecule has 1 aromatic rings. The van der Waals surface area contributed by atoms with Crippen molar-refractivity contribution in [2.24, 2.45) is 5.41 Å². The van der Waals surface area contributed by atoms with E-state index in [-0.39, 0.29) is 5.60 Å². The van der Waals surface area contributed by atoms with Crippen molar-refractivity contribution in [2.45, 2.75) is 105 Å². The molecule has 0 atom stereocenters. The normalized spacial score (nSPS) is 12.3. The maximum atomic E-state index is 10.5. The molecule has 26 heavy (non-hydrogen) atoms. The zero-order chi connectivity index (χ0) is 19.8. The fourth-order valence-corrected chi connectivity index (χ4v) is 3.61. The molecule has 0 aromatic heterocycles. The van der Waals surface area contributed by atoms with E-state index in [1.807, 2.05) is 13.8 Å². The van der Waals surface area contributed by atoms with Gasteiger partial charge in [0.2, 0.25) is 0 Å². The number of hydrogen-bond donors (Lipinski definition) is 0. The van der Waals surface area contributed by atoms with Gasteiger partial charge in [-0.15, -0.1) is 0 Å². The van der Waals surface area contributed by atoms with Crippen molar-refractivity contribution >= 4 is 6.47 Å². The fraction of sp³-hybridized carbons (Fsp3) is 0.708. The number of unbranched alkanes of at least 4 members (excludes halogenated alkanes) is 2. The van der Waals surface area contributed by atoms with Gasteiger partial charge in [-0.05, 0) is 100 Å². The van der Waals surface area contributed by atoms with Gasteiger partial charge in [-0.2, -0.15) is 0 Å². The van der Waals surface area contributed by atoms with Crippen LogP contribution in [0.1, 0.15) is 95.4 Å². The van der Waals surface area contributed by atoms with E-state index in [1.165, 1.54) is 47.9 Å². The van der Waals surface area contributed by atoms with E-state index in [0.717, 1.165) is 25.7 Å². The van der Waals surface area contributed by atoms with Crippen molar-refractivity contribution in [3.63, 3.8) is 0 Å². The highest BCUT2D eigenvalue weighted by Crippen LogP contribution is 2.26. The van der Waals surface area contributed by atoms with E-state index < -0.39 is 0 Å². The summed E-state index contributed by atoms with van der Waals surface area (Å²) in [5.74, 6) is 0. The molecule has 1 aromatic carbocycles. The molecule has 0 N–H and O–H groups in total. The summed E-state index contributed by atoms with van der Waals surface area (Å²) in [4.78, 5) is 10.5. The van der Waals surface area contributed by atoms with Crippen molar-refractivity contribution in [2.75, 3.05) is 0 Å². The number of carbonyl (C=O) groups excluding carboxylic acids is 1. The molecule has 0 saturated carbocycles. The van der Waals surface area contributed by atoms with E-state index in [4.69, 9.17) is 4.74 Å². The smallest absolute Gasteiger partial charge is 0.293 e. The lowest BCUT2D eigenvalue weighted by molar-refractivity contribution is -0.140. The Balaban J connectivity index is 2.56. The lowest BCUT2D eigenvalue weighted by Gasteiger charge is -2.22. The molecule has 0 bridgehead atoms. The Morgan fingerprint density at radius 3 is 2.12 bits per heavy atom. The molecule has 0 spiro atoms. The topological polar surface area (TPSA) is 26.3 Å². The third-order valence-corrected chi connectivity index (χ3v) is 5.39. The molecule has 0 aliphatic heterocycles. The van der Waals surface area contributed by atoms with Crippen LogP contribution in [0.5, 0.6) is 0 Å². The Kier molecular flexibility index (Phi) is 8.86. The van der Waals surface area contributed by atoms with Crippen LogP contribution in [0.15, 0.2) is 12.1 Å². The van der Waals surface area contributed by atoms with Gasteiger partial charge in [-0.25, -0.2) is 0 Å². The van der Waals surface area contributed by atoms with Crippen LogP contribution in [0.25, 0.3) is 0 Å². The summed E-state index contributed by atoms with van der Waals surface area (Å²) in [5, 5.41) is 0. The predicted molar refractivity (Wildman–Crippen MR) is 112 cm³/mol. The second-order valence-electron chi connectivity index (χ2n) is 9.59. The van der Waals surface area contributed by atoms with E-state index in [1.54, 1.807) is 0 Å². The van der Waals surface area contributed by atoms with E-state index in [2.05, 4.69) is 46.8 Å². The SMILES string of the molecule is Cc1ccc(CCCCC(C)(C)C)c(C)c1CCCCC(C)(C)OC=O. The van der Waals surface area contributed by atoms with Crippen LogP contribution in [-0.4, -0.2) is 12.1 Å². The molecule has 0 aliphatic carbocycles. The second-order valence-corrected chi connectivity index (χ2v) is 9.59. The molecule has 148 valence electrons. The number of benzene rings is 1. The highest BCUT2D eigenvalue weighted by Gasteiger charge is 2.18.